The normalized spacial score (nSPS) is 11.0. The first kappa shape index (κ1) is 16.9. The summed E-state index contributed by atoms with van der Waals surface area (Å²) in [7, 11) is -6.00. The maximum Gasteiger partial charge on any atom is 0.673 e. The highest BCUT2D eigenvalue weighted by molar-refractivity contribution is 6.50. The molecule has 0 amide bonds. The minimum Gasteiger partial charge on any atom is -0.418 e. The van der Waals surface area contributed by atoms with Crippen LogP contribution in [0.1, 0.15) is 39.5 Å². The zero-order chi connectivity index (χ0) is 14.0. The van der Waals surface area contributed by atoms with Gasteiger partial charge in [0.15, 0.2) is 12.4 Å². The van der Waals surface area contributed by atoms with Gasteiger partial charge in [-0.25, -0.2) is 0 Å². The predicted molar refractivity (Wildman–Crippen MR) is 62.4 cm³/mol. The van der Waals surface area contributed by atoms with Crippen molar-refractivity contribution in [3.8, 4) is 0 Å². The number of hydrogen-bond donors (Lipinski definition) is 0. The first-order valence-electron chi connectivity index (χ1n) is 6.17. The maximum atomic E-state index is 9.75. The average Bonchev–Trinajstić information content (AvgIpc) is 2.69. The highest BCUT2D eigenvalue weighted by atomic mass is 19.5. The maximum absolute atomic E-state index is 9.75. The molecule has 1 heterocycles. The Morgan fingerprint density at radius 3 is 2.17 bits per heavy atom. The highest BCUT2D eigenvalue weighted by Gasteiger charge is 2.20. The van der Waals surface area contributed by atoms with Crippen molar-refractivity contribution < 1.29 is 21.9 Å². The third-order valence-electron chi connectivity index (χ3n) is 2.12. The number of unbranched alkanes of at least 4 members (excludes halogenated alkanes) is 2. The summed E-state index contributed by atoms with van der Waals surface area (Å²) >= 11 is 0. The molecule has 3 nitrogen and oxygen atoms in total. The minimum absolute atomic E-state index is 1.05. The number of nitrogens with zero attached hydrogens (tertiary/aromatic N) is 3. The van der Waals surface area contributed by atoms with Crippen molar-refractivity contribution in [2.75, 3.05) is 0 Å². The van der Waals surface area contributed by atoms with E-state index in [4.69, 9.17) is 0 Å². The topological polar surface area (TPSA) is 21.7 Å². The summed E-state index contributed by atoms with van der Waals surface area (Å²) in [6.07, 6.45) is 9.02. The van der Waals surface area contributed by atoms with Gasteiger partial charge >= 0.3 is 7.25 Å². The Kier molecular flexibility index (Phi) is 8.40. The lowest BCUT2D eigenvalue weighted by molar-refractivity contribution is -0.755. The van der Waals surface area contributed by atoms with E-state index in [9.17, 15) is 17.3 Å². The van der Waals surface area contributed by atoms with Gasteiger partial charge in [-0.15, -0.1) is 9.36 Å². The summed E-state index contributed by atoms with van der Waals surface area (Å²) in [6.45, 7) is 6.51. The Labute approximate surface area is 105 Å². The fourth-order valence-electron chi connectivity index (χ4n) is 1.24. The Hall–Kier alpha value is -1.08. The smallest absolute Gasteiger partial charge is 0.418 e. The second-order valence-corrected chi connectivity index (χ2v) is 3.92. The molecule has 0 radical (unpaired) electrons. The molecule has 0 aliphatic heterocycles. The van der Waals surface area contributed by atoms with Crippen LogP contribution in [0.5, 0.6) is 0 Å². The van der Waals surface area contributed by atoms with Crippen molar-refractivity contribution in [1.82, 2.24) is 9.90 Å². The third-order valence-corrected chi connectivity index (χ3v) is 2.12. The standard InChI is InChI=1S/C10H20N3.BF4/c1-3-5-7-12-9-10-13(11-12)8-6-4-2;2-1(3,4)5/h9-10H,3-8H2,1-2H3;/q+1;-1. The van der Waals surface area contributed by atoms with Crippen molar-refractivity contribution in [2.24, 2.45) is 0 Å². The van der Waals surface area contributed by atoms with Gasteiger partial charge in [-0.3, -0.25) is 0 Å². The Morgan fingerprint density at radius 2 is 1.67 bits per heavy atom. The van der Waals surface area contributed by atoms with E-state index in [-0.39, 0.29) is 0 Å². The quantitative estimate of drug-likeness (QED) is 0.442. The van der Waals surface area contributed by atoms with Crippen LogP contribution in [0.25, 0.3) is 0 Å². The number of aryl methyl sites for hydroxylation is 2. The van der Waals surface area contributed by atoms with Gasteiger partial charge in [-0.05, 0) is 12.8 Å². The molecule has 0 aromatic carbocycles. The van der Waals surface area contributed by atoms with Crippen molar-refractivity contribution >= 4 is 7.25 Å². The van der Waals surface area contributed by atoms with E-state index >= 15 is 0 Å². The van der Waals surface area contributed by atoms with Gasteiger partial charge in [0.25, 0.3) is 0 Å². The lowest BCUT2D eigenvalue weighted by atomic mass is 10.3. The fourth-order valence-corrected chi connectivity index (χ4v) is 1.24. The lowest BCUT2D eigenvalue weighted by Crippen LogP contribution is -2.36. The molecule has 0 saturated heterocycles. The Morgan fingerprint density at radius 1 is 1.11 bits per heavy atom. The van der Waals surface area contributed by atoms with E-state index in [1.165, 1.54) is 25.7 Å². The SMILES string of the molecule is CCCCn1cc[n+](CCCC)n1.F[B-](F)(F)F. The summed E-state index contributed by atoms with van der Waals surface area (Å²) in [5.41, 5.74) is 0. The molecular weight excluding hydrogens is 249 g/mol. The van der Waals surface area contributed by atoms with Gasteiger partial charge in [0.1, 0.15) is 13.1 Å². The fraction of sp³-hybridized carbons (Fsp3) is 0.800. The molecule has 1 aromatic rings. The second-order valence-electron chi connectivity index (χ2n) is 3.92. The lowest BCUT2D eigenvalue weighted by Gasteiger charge is -1.94. The molecule has 0 spiro atoms. The summed E-state index contributed by atoms with van der Waals surface area (Å²) < 4.78 is 43.1. The van der Waals surface area contributed by atoms with Gasteiger partial charge in [0.05, 0.1) is 5.21 Å². The van der Waals surface area contributed by atoms with E-state index in [1.54, 1.807) is 0 Å². The molecular formula is C10H20BF4N3. The minimum atomic E-state index is -6.00. The molecule has 0 aliphatic rings. The first-order chi connectivity index (χ1) is 8.36. The Bertz CT molecular complexity index is 286. The van der Waals surface area contributed by atoms with E-state index in [1.807, 2.05) is 9.36 Å². The third kappa shape index (κ3) is 11.4. The molecule has 0 aliphatic carbocycles. The molecule has 106 valence electrons. The molecule has 0 bridgehead atoms. The predicted octanol–water partition coefficient (Wildman–Crippen LogP) is 3.07. The van der Waals surface area contributed by atoms with Gasteiger partial charge in [-0.1, -0.05) is 26.7 Å². The molecule has 1 aromatic heterocycles. The van der Waals surface area contributed by atoms with Crippen LogP contribution >= 0.6 is 0 Å². The Balaban J connectivity index is 0.000000494. The number of hydrogen-bond acceptors (Lipinski definition) is 1. The van der Waals surface area contributed by atoms with Crippen molar-refractivity contribution in [3.05, 3.63) is 12.4 Å². The first-order valence-corrected chi connectivity index (χ1v) is 6.17. The zero-order valence-corrected chi connectivity index (χ0v) is 10.8. The summed E-state index contributed by atoms with van der Waals surface area (Å²) in [5, 5.41) is 4.42. The largest absolute Gasteiger partial charge is 0.673 e. The highest BCUT2D eigenvalue weighted by Crippen LogP contribution is 2.06. The van der Waals surface area contributed by atoms with Crippen LogP contribution in [-0.2, 0) is 13.1 Å². The van der Waals surface area contributed by atoms with Crippen LogP contribution < -0.4 is 4.68 Å². The van der Waals surface area contributed by atoms with Crippen LogP contribution in [0.4, 0.5) is 17.3 Å². The number of aromatic nitrogens is 3. The van der Waals surface area contributed by atoms with Gasteiger partial charge < -0.3 is 17.3 Å². The molecule has 0 N–H and O–H groups in total. The molecule has 8 heteroatoms. The molecule has 0 unspecified atom stereocenters. The van der Waals surface area contributed by atoms with Gasteiger partial charge in [0.2, 0.25) is 0 Å². The molecule has 18 heavy (non-hydrogen) atoms. The zero-order valence-electron chi connectivity index (χ0n) is 10.8. The van der Waals surface area contributed by atoms with Crippen molar-refractivity contribution in [1.29, 1.82) is 0 Å². The van der Waals surface area contributed by atoms with E-state index in [2.05, 4.69) is 31.5 Å². The van der Waals surface area contributed by atoms with Crippen LogP contribution in [0, 0.1) is 0 Å². The van der Waals surface area contributed by atoms with Crippen molar-refractivity contribution in [2.45, 2.75) is 52.6 Å². The monoisotopic (exact) mass is 269 g/mol. The van der Waals surface area contributed by atoms with Crippen LogP contribution in [-0.4, -0.2) is 17.1 Å². The molecule has 1 rings (SSSR count). The van der Waals surface area contributed by atoms with Gasteiger partial charge in [0, 0.05) is 0 Å². The van der Waals surface area contributed by atoms with Gasteiger partial charge in [-0.2, -0.15) is 0 Å². The summed E-state index contributed by atoms with van der Waals surface area (Å²) in [4.78, 5) is 0. The van der Waals surface area contributed by atoms with E-state index in [0.717, 1.165) is 13.1 Å². The van der Waals surface area contributed by atoms with E-state index < -0.39 is 7.25 Å². The average molecular weight is 269 g/mol. The van der Waals surface area contributed by atoms with E-state index in [0.29, 0.717) is 0 Å². The van der Waals surface area contributed by atoms with Crippen molar-refractivity contribution in [3.63, 3.8) is 0 Å². The molecule has 0 saturated carbocycles. The molecule has 0 atom stereocenters. The molecule has 0 fully saturated rings. The van der Waals surface area contributed by atoms with Crippen LogP contribution in [0.2, 0.25) is 0 Å². The number of rotatable bonds is 6. The summed E-state index contributed by atoms with van der Waals surface area (Å²) in [5.74, 6) is 0. The summed E-state index contributed by atoms with van der Waals surface area (Å²) in [6, 6.07) is 0. The van der Waals surface area contributed by atoms with Crippen LogP contribution in [0.3, 0.4) is 0 Å². The second kappa shape index (κ2) is 8.94. The van der Waals surface area contributed by atoms with Crippen LogP contribution in [0.15, 0.2) is 12.4 Å². The number of halogens is 4.